The van der Waals surface area contributed by atoms with Gasteiger partial charge in [0.1, 0.15) is 11.6 Å². The molecule has 1 aliphatic carbocycles. The van der Waals surface area contributed by atoms with Gasteiger partial charge in [-0.1, -0.05) is 32.1 Å². The largest absolute Gasteiger partial charge is 0.318 e. The van der Waals surface area contributed by atoms with Crippen LogP contribution in [0.1, 0.15) is 37.9 Å². The van der Waals surface area contributed by atoms with Crippen molar-refractivity contribution in [2.24, 2.45) is 13.0 Å². The Bertz CT molecular complexity index is 952. The molecule has 0 bridgehead atoms. The van der Waals surface area contributed by atoms with Crippen LogP contribution in [0.5, 0.6) is 0 Å². The van der Waals surface area contributed by atoms with E-state index in [4.69, 9.17) is 4.98 Å². The zero-order valence-electron chi connectivity index (χ0n) is 14.3. The molecule has 2 aromatic heterocycles. The fourth-order valence-electron chi connectivity index (χ4n) is 3.74. The smallest absolute Gasteiger partial charge is 0.286 e. The lowest BCUT2D eigenvalue weighted by Gasteiger charge is -2.22. The molecule has 2 heterocycles. The minimum absolute atomic E-state index is 0.192. The van der Waals surface area contributed by atoms with E-state index in [9.17, 15) is 9.18 Å². The first-order chi connectivity index (χ1) is 12.1. The number of rotatable bonds is 3. The number of hydrogen-bond donors (Lipinski definition) is 0. The predicted molar refractivity (Wildman–Crippen MR) is 94.3 cm³/mol. The van der Waals surface area contributed by atoms with Crippen LogP contribution in [0, 0.1) is 11.7 Å². The molecule has 0 unspecified atom stereocenters. The van der Waals surface area contributed by atoms with Crippen molar-refractivity contribution in [1.82, 2.24) is 19.1 Å². The molecule has 1 fully saturated rings. The third-order valence-electron chi connectivity index (χ3n) is 5.09. The Labute approximate surface area is 145 Å². The molecule has 6 heteroatoms. The third kappa shape index (κ3) is 2.97. The molecule has 1 aromatic carbocycles. The average molecular weight is 340 g/mol. The molecule has 0 saturated heterocycles. The summed E-state index contributed by atoms with van der Waals surface area (Å²) in [6.07, 6.45) is 8.46. The van der Waals surface area contributed by atoms with Gasteiger partial charge in [-0.05, 0) is 30.2 Å². The molecule has 130 valence electrons. The summed E-state index contributed by atoms with van der Waals surface area (Å²) in [5, 5.41) is 0. The van der Waals surface area contributed by atoms with Crippen molar-refractivity contribution in [2.75, 3.05) is 0 Å². The van der Waals surface area contributed by atoms with Crippen LogP contribution in [0.25, 0.3) is 16.9 Å². The zero-order valence-corrected chi connectivity index (χ0v) is 14.3. The number of nitrogens with zero attached hydrogens (tertiary/aromatic N) is 4. The molecule has 0 radical (unpaired) electrons. The molecule has 4 rings (SSSR count). The summed E-state index contributed by atoms with van der Waals surface area (Å²) in [5.41, 5.74) is 1.40. The highest BCUT2D eigenvalue weighted by molar-refractivity contribution is 5.70. The molecule has 0 amide bonds. The minimum atomic E-state index is -0.322. The Kier molecular flexibility index (Phi) is 4.11. The third-order valence-corrected chi connectivity index (χ3v) is 5.09. The minimum Gasteiger partial charge on any atom is -0.318 e. The summed E-state index contributed by atoms with van der Waals surface area (Å²) >= 11 is 0. The van der Waals surface area contributed by atoms with E-state index in [1.807, 2.05) is 7.05 Å². The van der Waals surface area contributed by atoms with Crippen LogP contribution in [0.15, 0.2) is 35.4 Å². The van der Waals surface area contributed by atoms with Gasteiger partial charge in [-0.2, -0.15) is 0 Å². The van der Waals surface area contributed by atoms with Gasteiger partial charge in [0.15, 0.2) is 11.2 Å². The molecular formula is C19H21FN4O. The van der Waals surface area contributed by atoms with E-state index in [-0.39, 0.29) is 11.4 Å². The maximum atomic E-state index is 13.3. The highest BCUT2D eigenvalue weighted by Gasteiger charge is 2.20. The second-order valence-corrected chi connectivity index (χ2v) is 6.88. The molecule has 3 aromatic rings. The Morgan fingerprint density at radius 2 is 1.88 bits per heavy atom. The number of imidazole rings is 1. The van der Waals surface area contributed by atoms with Gasteiger partial charge in [0, 0.05) is 13.5 Å². The van der Waals surface area contributed by atoms with E-state index in [0.717, 1.165) is 12.2 Å². The lowest BCUT2D eigenvalue weighted by molar-refractivity contribution is 0.349. The normalized spacial score (nSPS) is 15.8. The van der Waals surface area contributed by atoms with Crippen LogP contribution >= 0.6 is 0 Å². The van der Waals surface area contributed by atoms with Gasteiger partial charge in [0.25, 0.3) is 5.56 Å². The topological polar surface area (TPSA) is 52.7 Å². The van der Waals surface area contributed by atoms with Crippen molar-refractivity contribution in [3.05, 3.63) is 52.6 Å². The van der Waals surface area contributed by atoms with Crippen molar-refractivity contribution in [3.8, 4) is 5.69 Å². The molecule has 0 atom stereocenters. The number of aromatic nitrogens is 4. The van der Waals surface area contributed by atoms with Crippen molar-refractivity contribution in [2.45, 2.75) is 38.5 Å². The van der Waals surface area contributed by atoms with E-state index in [1.165, 1.54) is 44.2 Å². The zero-order chi connectivity index (χ0) is 17.4. The predicted octanol–water partition coefficient (Wildman–Crippen LogP) is 3.38. The number of fused-ring (bicyclic) bond motifs is 1. The number of aryl methyl sites for hydroxylation is 1. The van der Waals surface area contributed by atoms with Crippen molar-refractivity contribution < 1.29 is 4.39 Å². The van der Waals surface area contributed by atoms with E-state index in [0.29, 0.717) is 22.8 Å². The summed E-state index contributed by atoms with van der Waals surface area (Å²) in [6.45, 7) is 0. The van der Waals surface area contributed by atoms with Gasteiger partial charge >= 0.3 is 0 Å². The first-order valence-corrected chi connectivity index (χ1v) is 8.82. The summed E-state index contributed by atoms with van der Waals surface area (Å²) in [7, 11) is 1.84. The van der Waals surface area contributed by atoms with Crippen LogP contribution in [0.3, 0.4) is 0 Å². The fraction of sp³-hybridized carbons (Fsp3) is 0.421. The maximum Gasteiger partial charge on any atom is 0.286 e. The van der Waals surface area contributed by atoms with E-state index < -0.39 is 0 Å². The average Bonchev–Trinajstić information content (AvgIpc) is 2.99. The summed E-state index contributed by atoms with van der Waals surface area (Å²) in [4.78, 5) is 22.0. The molecular weight excluding hydrogens is 319 g/mol. The van der Waals surface area contributed by atoms with Crippen LogP contribution < -0.4 is 5.56 Å². The highest BCUT2D eigenvalue weighted by atomic mass is 19.1. The summed E-state index contributed by atoms with van der Waals surface area (Å²) in [5.74, 6) is 0.954. The van der Waals surface area contributed by atoms with Crippen LogP contribution in [-0.4, -0.2) is 19.1 Å². The van der Waals surface area contributed by atoms with Crippen molar-refractivity contribution in [3.63, 3.8) is 0 Å². The molecule has 0 spiro atoms. The van der Waals surface area contributed by atoms with Gasteiger partial charge < -0.3 is 4.57 Å². The van der Waals surface area contributed by atoms with Gasteiger partial charge in [-0.25, -0.2) is 14.4 Å². The molecule has 0 aliphatic heterocycles. The van der Waals surface area contributed by atoms with E-state index in [1.54, 1.807) is 27.6 Å². The van der Waals surface area contributed by atoms with E-state index in [2.05, 4.69) is 4.98 Å². The molecule has 1 saturated carbocycles. The quantitative estimate of drug-likeness (QED) is 0.734. The Morgan fingerprint density at radius 1 is 1.16 bits per heavy atom. The maximum absolute atomic E-state index is 13.3. The Morgan fingerprint density at radius 3 is 2.60 bits per heavy atom. The molecule has 1 aliphatic rings. The van der Waals surface area contributed by atoms with Gasteiger partial charge in [-0.15, -0.1) is 0 Å². The van der Waals surface area contributed by atoms with Gasteiger partial charge in [0.2, 0.25) is 0 Å². The van der Waals surface area contributed by atoms with Crippen molar-refractivity contribution >= 4 is 11.2 Å². The first-order valence-electron chi connectivity index (χ1n) is 8.82. The number of benzene rings is 1. The monoisotopic (exact) mass is 340 g/mol. The SMILES string of the molecule is Cn1cnc2c(=O)n(-c3ccc(F)cc3)c(CC3CCCCC3)nc21. The second-order valence-electron chi connectivity index (χ2n) is 6.88. The number of hydrogen-bond acceptors (Lipinski definition) is 3. The molecule has 5 nitrogen and oxygen atoms in total. The Hall–Kier alpha value is -2.50. The second kappa shape index (κ2) is 6.43. The standard InChI is InChI=1S/C19H21FN4O/c1-23-12-21-17-18(23)22-16(11-13-5-3-2-4-6-13)24(19(17)25)15-9-7-14(20)8-10-15/h7-10,12-13H,2-6,11H2,1H3. The van der Waals surface area contributed by atoms with Gasteiger partial charge in [-0.3, -0.25) is 9.36 Å². The molecule has 25 heavy (non-hydrogen) atoms. The van der Waals surface area contributed by atoms with E-state index >= 15 is 0 Å². The van der Waals surface area contributed by atoms with Gasteiger partial charge in [0.05, 0.1) is 12.0 Å². The van der Waals surface area contributed by atoms with Crippen molar-refractivity contribution in [1.29, 1.82) is 0 Å². The first kappa shape index (κ1) is 16.0. The van der Waals surface area contributed by atoms with Crippen LogP contribution in [0.4, 0.5) is 4.39 Å². The summed E-state index contributed by atoms with van der Waals surface area (Å²) in [6, 6.07) is 5.98. The van der Waals surface area contributed by atoms with Crippen LogP contribution in [-0.2, 0) is 13.5 Å². The number of halogens is 1. The lowest BCUT2D eigenvalue weighted by atomic mass is 9.87. The summed E-state index contributed by atoms with van der Waals surface area (Å²) < 4.78 is 16.7. The lowest BCUT2D eigenvalue weighted by Crippen LogP contribution is -2.26. The van der Waals surface area contributed by atoms with Crippen LogP contribution in [0.2, 0.25) is 0 Å². The Balaban J connectivity index is 1.88. The highest BCUT2D eigenvalue weighted by Crippen LogP contribution is 2.27. The fourth-order valence-corrected chi connectivity index (χ4v) is 3.74. The molecule has 0 N–H and O–H groups in total.